The van der Waals surface area contributed by atoms with Crippen LogP contribution in [-0.4, -0.2) is 0 Å². The van der Waals surface area contributed by atoms with Crippen LogP contribution in [0.1, 0.15) is 84.0 Å². The van der Waals surface area contributed by atoms with E-state index in [-0.39, 0.29) is 5.41 Å². The Labute approximate surface area is 418 Å². The molecule has 1 unspecified atom stereocenters. The average Bonchev–Trinajstić information content (AvgIpc) is 3.99. The van der Waals surface area contributed by atoms with Crippen molar-refractivity contribution in [2.45, 2.75) is 50.4 Å². The van der Waals surface area contributed by atoms with Crippen LogP contribution < -0.4 is 4.90 Å². The summed E-state index contributed by atoms with van der Waals surface area (Å²) in [5.41, 5.74) is 29.2. The first kappa shape index (κ1) is 41.7. The van der Waals surface area contributed by atoms with Gasteiger partial charge >= 0.3 is 0 Å². The quantitative estimate of drug-likeness (QED) is 0.154. The summed E-state index contributed by atoms with van der Waals surface area (Å²) in [4.78, 5) is 2.57. The van der Waals surface area contributed by atoms with Gasteiger partial charge in [-0.1, -0.05) is 208 Å². The molecule has 0 aliphatic heterocycles. The molecule has 0 saturated carbocycles. The van der Waals surface area contributed by atoms with E-state index < -0.39 is 5.41 Å². The minimum Gasteiger partial charge on any atom is -0.310 e. The molecule has 0 amide bonds. The van der Waals surface area contributed by atoms with E-state index in [4.69, 9.17) is 0 Å². The Kier molecular flexibility index (Phi) is 9.49. The number of rotatable bonds is 7. The molecule has 0 N–H and O–H groups in total. The summed E-state index contributed by atoms with van der Waals surface area (Å²) in [6.45, 7) is 4.79. The van der Waals surface area contributed by atoms with Crippen molar-refractivity contribution in [1.29, 1.82) is 0 Å². The minimum absolute atomic E-state index is 0.154. The molecule has 0 saturated heterocycles. The van der Waals surface area contributed by atoms with Crippen molar-refractivity contribution >= 4 is 33.8 Å². The summed E-state index contributed by atoms with van der Waals surface area (Å²) < 4.78 is 0. The number of para-hydroxylation sites is 1. The molecule has 5 aliphatic carbocycles. The Morgan fingerprint density at radius 2 is 0.915 bits per heavy atom. The Balaban J connectivity index is 1.06. The molecular formula is C70H53N. The zero-order chi connectivity index (χ0) is 47.3. The summed E-state index contributed by atoms with van der Waals surface area (Å²) in [5, 5.41) is 0. The maximum atomic E-state index is 2.60. The van der Waals surface area contributed by atoms with Gasteiger partial charge in [0.25, 0.3) is 0 Å². The van der Waals surface area contributed by atoms with Crippen molar-refractivity contribution in [2.24, 2.45) is 0 Å². The predicted octanol–water partition coefficient (Wildman–Crippen LogP) is 18.5. The van der Waals surface area contributed by atoms with Gasteiger partial charge in [-0.15, -0.1) is 0 Å². The standard InChI is InChI=1S/C70H53N/c1-69(2)62-29-17-15-28-56(62)57-39-34-53(44-63(57)69)71(68-30-18-16-27-55(68)49-25-13-6-14-26-49)54-35-40-61-60-38-33-52(48-23-11-5-12-24-48)43-66(60)70(67(61)45-54)64-41-50(46-19-7-3-8-20-46)31-36-58(64)59-37-32-51(42-65(59)70)47-21-9-4-10-22-47/h3-5,7-13,15-31,33-36,38-45H,6,14,32,37H2,1-2H3. The number of benzene rings is 9. The highest BCUT2D eigenvalue weighted by Crippen LogP contribution is 2.66. The van der Waals surface area contributed by atoms with Crippen LogP contribution >= 0.6 is 0 Å². The third-order valence-corrected chi connectivity index (χ3v) is 16.5. The smallest absolute Gasteiger partial charge is 0.0723 e. The van der Waals surface area contributed by atoms with E-state index in [1.165, 1.54) is 117 Å². The Morgan fingerprint density at radius 3 is 1.58 bits per heavy atom. The van der Waals surface area contributed by atoms with E-state index in [0.29, 0.717) is 0 Å². The molecule has 9 aromatic carbocycles. The lowest BCUT2D eigenvalue weighted by Crippen LogP contribution is -2.28. The van der Waals surface area contributed by atoms with Crippen LogP contribution in [0.5, 0.6) is 0 Å². The molecule has 1 heteroatoms. The molecule has 0 aromatic heterocycles. The normalized spacial score (nSPS) is 17.4. The van der Waals surface area contributed by atoms with Crippen molar-refractivity contribution in [1.82, 2.24) is 0 Å². The van der Waals surface area contributed by atoms with Crippen LogP contribution in [0.4, 0.5) is 17.1 Å². The molecular weight excluding hydrogens is 855 g/mol. The molecule has 1 spiro atoms. The zero-order valence-corrected chi connectivity index (χ0v) is 40.3. The number of hydrogen-bond donors (Lipinski definition) is 0. The first-order valence-corrected chi connectivity index (χ1v) is 25.5. The summed E-state index contributed by atoms with van der Waals surface area (Å²) in [6.07, 6.45) is 13.8. The number of anilines is 3. The average molecular weight is 908 g/mol. The van der Waals surface area contributed by atoms with E-state index in [1.807, 2.05) is 0 Å². The fourth-order valence-corrected chi connectivity index (χ4v) is 13.1. The van der Waals surface area contributed by atoms with Crippen LogP contribution in [0, 0.1) is 0 Å². The van der Waals surface area contributed by atoms with Gasteiger partial charge in [-0.3, -0.25) is 0 Å². The Hall–Kier alpha value is -8.26. The first-order valence-electron chi connectivity index (χ1n) is 25.5. The van der Waals surface area contributed by atoms with Crippen molar-refractivity contribution in [3.05, 3.63) is 287 Å². The molecule has 0 fully saturated rings. The van der Waals surface area contributed by atoms with Crippen LogP contribution in [-0.2, 0) is 10.8 Å². The molecule has 0 bridgehead atoms. The van der Waals surface area contributed by atoms with Crippen molar-refractivity contribution < 1.29 is 0 Å². The fourth-order valence-electron chi connectivity index (χ4n) is 13.1. The molecule has 14 rings (SSSR count). The predicted molar refractivity (Wildman–Crippen MR) is 298 cm³/mol. The maximum absolute atomic E-state index is 2.60. The lowest BCUT2D eigenvalue weighted by atomic mass is 9.67. The van der Waals surface area contributed by atoms with Crippen molar-refractivity contribution in [3.63, 3.8) is 0 Å². The third kappa shape index (κ3) is 6.32. The van der Waals surface area contributed by atoms with E-state index in [9.17, 15) is 0 Å². The van der Waals surface area contributed by atoms with Gasteiger partial charge in [0.2, 0.25) is 0 Å². The number of nitrogens with zero attached hydrogens (tertiary/aromatic N) is 1. The highest BCUT2D eigenvalue weighted by atomic mass is 15.1. The highest BCUT2D eigenvalue weighted by Gasteiger charge is 2.53. The molecule has 71 heavy (non-hydrogen) atoms. The van der Waals surface area contributed by atoms with Crippen LogP contribution in [0.3, 0.4) is 0 Å². The highest BCUT2D eigenvalue weighted by molar-refractivity contribution is 6.01. The third-order valence-electron chi connectivity index (χ3n) is 16.5. The van der Waals surface area contributed by atoms with Crippen LogP contribution in [0.2, 0.25) is 0 Å². The van der Waals surface area contributed by atoms with Crippen molar-refractivity contribution in [2.75, 3.05) is 4.90 Å². The summed E-state index contributed by atoms with van der Waals surface area (Å²) >= 11 is 0. The SMILES string of the molecule is CC1(C)c2ccccc2-c2ccc(N(c3ccc4c(c3)C3(C5=C(CCC(c6ccccc6)=C5)c5ccc(-c6ccccc6)cc53)c3cc(-c5ccccc5)ccc3-4)c3ccccc3C3=CCCC=C3)cc21. The van der Waals surface area contributed by atoms with Gasteiger partial charge in [-0.2, -0.15) is 0 Å². The maximum Gasteiger partial charge on any atom is 0.0723 e. The number of hydrogen-bond acceptors (Lipinski definition) is 1. The van der Waals surface area contributed by atoms with E-state index in [2.05, 4.69) is 255 Å². The summed E-state index contributed by atoms with van der Waals surface area (Å²) in [6, 6.07) is 80.5. The molecule has 1 nitrogen and oxygen atoms in total. The van der Waals surface area contributed by atoms with Gasteiger partial charge in [-0.25, -0.2) is 0 Å². The van der Waals surface area contributed by atoms with Gasteiger partial charge in [0, 0.05) is 22.4 Å². The van der Waals surface area contributed by atoms with Gasteiger partial charge in [0.1, 0.15) is 0 Å². The zero-order valence-electron chi connectivity index (χ0n) is 40.3. The Morgan fingerprint density at radius 1 is 0.394 bits per heavy atom. The monoisotopic (exact) mass is 907 g/mol. The van der Waals surface area contributed by atoms with Gasteiger partial charge in [0.05, 0.1) is 11.1 Å². The molecule has 5 aliphatic rings. The van der Waals surface area contributed by atoms with Gasteiger partial charge in [0.15, 0.2) is 0 Å². The summed E-state index contributed by atoms with van der Waals surface area (Å²) in [5.74, 6) is 0. The van der Waals surface area contributed by atoms with Gasteiger partial charge < -0.3 is 4.90 Å². The summed E-state index contributed by atoms with van der Waals surface area (Å²) in [7, 11) is 0. The van der Waals surface area contributed by atoms with Crippen molar-refractivity contribution in [3.8, 4) is 44.5 Å². The molecule has 0 radical (unpaired) electrons. The fraction of sp³-hybridized carbons (Fsp3) is 0.114. The lowest BCUT2D eigenvalue weighted by Gasteiger charge is -2.35. The second-order valence-corrected chi connectivity index (χ2v) is 20.6. The Bertz CT molecular complexity index is 3770. The van der Waals surface area contributed by atoms with E-state index in [1.54, 1.807) is 0 Å². The number of fused-ring (bicyclic) bond motifs is 12. The molecule has 9 aromatic rings. The van der Waals surface area contributed by atoms with E-state index in [0.717, 1.165) is 37.1 Å². The first-order chi connectivity index (χ1) is 35.0. The molecule has 0 heterocycles. The largest absolute Gasteiger partial charge is 0.310 e. The van der Waals surface area contributed by atoms with E-state index >= 15 is 0 Å². The van der Waals surface area contributed by atoms with Gasteiger partial charge in [-0.05, 0) is 174 Å². The minimum atomic E-state index is -0.594. The van der Waals surface area contributed by atoms with Crippen LogP contribution in [0.15, 0.2) is 242 Å². The molecule has 1 atom stereocenters. The van der Waals surface area contributed by atoms with Crippen LogP contribution in [0.25, 0.3) is 61.2 Å². The topological polar surface area (TPSA) is 3.24 Å². The second kappa shape index (κ2) is 16.2. The number of allylic oxidation sites excluding steroid dienone is 8. The molecule has 338 valence electrons. The lowest BCUT2D eigenvalue weighted by molar-refractivity contribution is 0.660. The second-order valence-electron chi connectivity index (χ2n) is 20.6.